The molecule has 1 saturated carbocycles. The van der Waals surface area contributed by atoms with E-state index in [0.29, 0.717) is 6.04 Å². The van der Waals surface area contributed by atoms with Crippen molar-refractivity contribution < 1.29 is 9.90 Å². The van der Waals surface area contributed by atoms with Gasteiger partial charge in [0.2, 0.25) is 0 Å². The van der Waals surface area contributed by atoms with E-state index in [9.17, 15) is 4.79 Å². The van der Waals surface area contributed by atoms with Crippen LogP contribution in [0.1, 0.15) is 37.3 Å². The van der Waals surface area contributed by atoms with Crippen molar-refractivity contribution in [2.45, 2.75) is 43.8 Å². The van der Waals surface area contributed by atoms with Crippen LogP contribution in [-0.4, -0.2) is 26.4 Å². The number of aryl methyl sites for hydroxylation is 1. The van der Waals surface area contributed by atoms with E-state index in [4.69, 9.17) is 5.11 Å². The van der Waals surface area contributed by atoms with Gasteiger partial charge in [0.25, 0.3) is 0 Å². The van der Waals surface area contributed by atoms with Gasteiger partial charge in [0.1, 0.15) is 0 Å². The maximum Gasteiger partial charge on any atom is 0.313 e. The van der Waals surface area contributed by atoms with Gasteiger partial charge in [0.05, 0.1) is 16.8 Å². The number of fused-ring (bicyclic) bond motifs is 1. The lowest BCUT2D eigenvalue weighted by atomic mass is 10.2. The van der Waals surface area contributed by atoms with E-state index in [-0.39, 0.29) is 5.75 Å². The van der Waals surface area contributed by atoms with Crippen molar-refractivity contribution in [2.24, 2.45) is 0 Å². The van der Waals surface area contributed by atoms with Crippen molar-refractivity contribution in [3.05, 3.63) is 23.8 Å². The van der Waals surface area contributed by atoms with Crippen LogP contribution in [0.15, 0.2) is 23.4 Å². The normalized spacial score (nSPS) is 16.1. The molecule has 0 radical (unpaired) electrons. The maximum atomic E-state index is 10.8. The van der Waals surface area contributed by atoms with E-state index in [1.54, 1.807) is 0 Å². The van der Waals surface area contributed by atoms with Crippen LogP contribution in [0.4, 0.5) is 0 Å². The van der Waals surface area contributed by atoms with Gasteiger partial charge in [-0.1, -0.05) is 30.7 Å². The highest BCUT2D eigenvalue weighted by Gasteiger charge is 2.23. The average Bonchev–Trinajstić information content (AvgIpc) is 3.02. The first-order valence-corrected chi connectivity index (χ1v) is 7.97. The number of carboxylic acids is 1. The summed E-state index contributed by atoms with van der Waals surface area (Å²) >= 11 is 1.33. The predicted octanol–water partition coefficient (Wildman–Crippen LogP) is 3.64. The quantitative estimate of drug-likeness (QED) is 0.873. The second kappa shape index (κ2) is 5.48. The Balaban J connectivity index is 2.06. The zero-order valence-electron chi connectivity index (χ0n) is 11.5. The van der Waals surface area contributed by atoms with Gasteiger partial charge in [0.15, 0.2) is 5.16 Å². The molecule has 0 bridgehead atoms. The van der Waals surface area contributed by atoms with Crippen LogP contribution in [0.25, 0.3) is 11.0 Å². The third kappa shape index (κ3) is 2.54. The van der Waals surface area contributed by atoms with Crippen LogP contribution in [0, 0.1) is 6.92 Å². The number of aromatic nitrogens is 2. The average molecular weight is 290 g/mol. The van der Waals surface area contributed by atoms with Crippen LogP contribution in [-0.2, 0) is 4.79 Å². The minimum absolute atomic E-state index is 0.0645. The summed E-state index contributed by atoms with van der Waals surface area (Å²) in [6, 6.07) is 6.71. The van der Waals surface area contributed by atoms with E-state index in [2.05, 4.69) is 28.6 Å². The van der Waals surface area contributed by atoms with Crippen LogP contribution in [0.3, 0.4) is 0 Å². The highest BCUT2D eigenvalue weighted by atomic mass is 32.2. The molecule has 106 valence electrons. The molecular weight excluding hydrogens is 272 g/mol. The lowest BCUT2D eigenvalue weighted by molar-refractivity contribution is -0.133. The second-order valence-electron chi connectivity index (χ2n) is 5.38. The molecule has 1 aromatic heterocycles. The third-order valence-electron chi connectivity index (χ3n) is 3.83. The standard InChI is InChI=1S/C15H18N2O2S/c1-10-6-7-12-13(8-10)17(11-4-2-3-5-11)15(16-12)20-9-14(18)19/h6-8,11H,2-5,9H2,1H3,(H,18,19). The number of hydrogen-bond acceptors (Lipinski definition) is 3. The summed E-state index contributed by atoms with van der Waals surface area (Å²) in [6.07, 6.45) is 4.83. The van der Waals surface area contributed by atoms with Crippen LogP contribution in [0.5, 0.6) is 0 Å². The van der Waals surface area contributed by atoms with Crippen LogP contribution < -0.4 is 0 Å². The lowest BCUT2D eigenvalue weighted by Crippen LogP contribution is -2.07. The Morgan fingerprint density at radius 1 is 1.45 bits per heavy atom. The monoisotopic (exact) mass is 290 g/mol. The second-order valence-corrected chi connectivity index (χ2v) is 6.32. The number of thioether (sulfide) groups is 1. The largest absolute Gasteiger partial charge is 0.481 e. The van der Waals surface area contributed by atoms with E-state index >= 15 is 0 Å². The Bertz CT molecular complexity index is 645. The fraction of sp³-hybridized carbons (Fsp3) is 0.467. The van der Waals surface area contributed by atoms with E-state index in [1.165, 1.54) is 43.0 Å². The number of benzene rings is 1. The molecule has 0 aliphatic heterocycles. The Morgan fingerprint density at radius 3 is 2.90 bits per heavy atom. The van der Waals surface area contributed by atoms with Crippen molar-refractivity contribution in [3.63, 3.8) is 0 Å². The van der Waals surface area contributed by atoms with Crippen LogP contribution in [0.2, 0.25) is 0 Å². The number of aliphatic carboxylic acids is 1. The molecule has 0 unspecified atom stereocenters. The molecule has 1 fully saturated rings. The molecule has 0 spiro atoms. The molecule has 3 rings (SSSR count). The van der Waals surface area contributed by atoms with Gasteiger partial charge < -0.3 is 9.67 Å². The molecular formula is C15H18N2O2S. The molecule has 20 heavy (non-hydrogen) atoms. The summed E-state index contributed by atoms with van der Waals surface area (Å²) in [4.78, 5) is 15.4. The lowest BCUT2D eigenvalue weighted by Gasteiger charge is -2.15. The fourth-order valence-electron chi connectivity index (χ4n) is 2.92. The number of carbonyl (C=O) groups is 1. The molecule has 0 atom stereocenters. The van der Waals surface area contributed by atoms with Crippen molar-refractivity contribution in [1.82, 2.24) is 9.55 Å². The van der Waals surface area contributed by atoms with E-state index in [0.717, 1.165) is 16.2 Å². The summed E-state index contributed by atoms with van der Waals surface area (Å²) < 4.78 is 2.27. The van der Waals surface area contributed by atoms with E-state index in [1.807, 2.05) is 6.07 Å². The molecule has 0 saturated heterocycles. The van der Waals surface area contributed by atoms with Gasteiger partial charge in [-0.15, -0.1) is 0 Å². The van der Waals surface area contributed by atoms with Crippen molar-refractivity contribution in [2.75, 3.05) is 5.75 Å². The third-order valence-corrected chi connectivity index (χ3v) is 4.76. The molecule has 5 heteroatoms. The first kappa shape index (κ1) is 13.5. The van der Waals surface area contributed by atoms with Gasteiger partial charge in [-0.3, -0.25) is 4.79 Å². The van der Waals surface area contributed by atoms with Crippen molar-refractivity contribution in [1.29, 1.82) is 0 Å². The number of nitrogens with zero attached hydrogens (tertiary/aromatic N) is 2. The zero-order chi connectivity index (χ0) is 14.1. The Morgan fingerprint density at radius 2 is 2.20 bits per heavy atom. The summed E-state index contributed by atoms with van der Waals surface area (Å²) in [7, 11) is 0. The number of hydrogen-bond donors (Lipinski definition) is 1. The number of imidazole rings is 1. The highest BCUT2D eigenvalue weighted by molar-refractivity contribution is 7.99. The fourth-order valence-corrected chi connectivity index (χ4v) is 3.73. The molecule has 0 amide bonds. The summed E-state index contributed by atoms with van der Waals surface area (Å²) in [5.41, 5.74) is 3.33. The predicted molar refractivity (Wildman–Crippen MR) is 80.3 cm³/mol. The topological polar surface area (TPSA) is 55.1 Å². The van der Waals surface area contributed by atoms with E-state index < -0.39 is 5.97 Å². The number of carboxylic acid groups (broad SMARTS) is 1. The Kier molecular flexibility index (Phi) is 3.70. The van der Waals surface area contributed by atoms with Crippen molar-refractivity contribution >= 4 is 28.8 Å². The first-order valence-electron chi connectivity index (χ1n) is 6.98. The molecule has 1 N–H and O–H groups in total. The Labute approximate surface area is 122 Å². The first-order chi connectivity index (χ1) is 9.65. The molecule has 1 heterocycles. The summed E-state index contributed by atoms with van der Waals surface area (Å²) in [5, 5.41) is 9.74. The molecule has 2 aromatic rings. The molecule has 1 aromatic carbocycles. The van der Waals surface area contributed by atoms with Gasteiger partial charge in [-0.05, 0) is 37.5 Å². The zero-order valence-corrected chi connectivity index (χ0v) is 12.3. The maximum absolute atomic E-state index is 10.8. The van der Waals surface area contributed by atoms with Gasteiger partial charge in [0, 0.05) is 6.04 Å². The Hall–Kier alpha value is -1.49. The smallest absolute Gasteiger partial charge is 0.313 e. The van der Waals surface area contributed by atoms with Gasteiger partial charge >= 0.3 is 5.97 Å². The van der Waals surface area contributed by atoms with Crippen LogP contribution >= 0.6 is 11.8 Å². The van der Waals surface area contributed by atoms with Gasteiger partial charge in [-0.25, -0.2) is 4.98 Å². The molecule has 4 nitrogen and oxygen atoms in total. The highest BCUT2D eigenvalue weighted by Crippen LogP contribution is 2.36. The SMILES string of the molecule is Cc1ccc2nc(SCC(=O)O)n(C3CCCC3)c2c1. The van der Waals surface area contributed by atoms with Crippen molar-refractivity contribution in [3.8, 4) is 0 Å². The summed E-state index contributed by atoms with van der Waals surface area (Å²) in [5.74, 6) is -0.731. The number of rotatable bonds is 4. The minimum Gasteiger partial charge on any atom is -0.481 e. The molecule has 1 aliphatic carbocycles. The van der Waals surface area contributed by atoms with Gasteiger partial charge in [-0.2, -0.15) is 0 Å². The minimum atomic E-state index is -0.795. The summed E-state index contributed by atoms with van der Waals surface area (Å²) in [6.45, 7) is 2.08. The molecule has 1 aliphatic rings.